The third-order valence-corrected chi connectivity index (χ3v) is 3.55. The van der Waals surface area contributed by atoms with Gasteiger partial charge in [-0.25, -0.2) is 9.37 Å². The van der Waals surface area contributed by atoms with Gasteiger partial charge in [0.15, 0.2) is 0 Å². The summed E-state index contributed by atoms with van der Waals surface area (Å²) in [6, 6.07) is 10.7. The van der Waals surface area contributed by atoms with E-state index in [1.807, 2.05) is 13.8 Å². The number of para-hydroxylation sites is 1. The van der Waals surface area contributed by atoms with Crippen molar-refractivity contribution in [1.29, 1.82) is 0 Å². The maximum absolute atomic E-state index is 13.9. The Hall–Kier alpha value is -3.02. The number of benzene rings is 2. The van der Waals surface area contributed by atoms with E-state index >= 15 is 0 Å². The van der Waals surface area contributed by atoms with Gasteiger partial charge in [0.1, 0.15) is 12.1 Å². The quantitative estimate of drug-likeness (QED) is 0.805. The largest absolute Gasteiger partial charge is 0.350 e. The van der Waals surface area contributed by atoms with Crippen LogP contribution in [-0.2, 0) is 0 Å². The first-order chi connectivity index (χ1) is 11.5. The Morgan fingerprint density at radius 2 is 1.96 bits per heavy atom. The van der Waals surface area contributed by atoms with E-state index in [9.17, 15) is 14.0 Å². The van der Waals surface area contributed by atoms with Crippen LogP contribution in [0.15, 0.2) is 53.6 Å². The van der Waals surface area contributed by atoms with Crippen LogP contribution in [0.1, 0.15) is 24.2 Å². The van der Waals surface area contributed by atoms with Gasteiger partial charge < -0.3 is 5.32 Å². The van der Waals surface area contributed by atoms with Gasteiger partial charge in [0.2, 0.25) is 0 Å². The van der Waals surface area contributed by atoms with E-state index in [-0.39, 0.29) is 23.2 Å². The second kappa shape index (κ2) is 6.23. The van der Waals surface area contributed by atoms with E-state index in [1.54, 1.807) is 24.3 Å². The van der Waals surface area contributed by atoms with Crippen LogP contribution in [0.4, 0.5) is 4.39 Å². The fourth-order valence-electron chi connectivity index (χ4n) is 2.43. The molecule has 0 fully saturated rings. The van der Waals surface area contributed by atoms with E-state index in [2.05, 4.69) is 10.3 Å². The van der Waals surface area contributed by atoms with Crippen LogP contribution in [0.25, 0.3) is 16.6 Å². The Balaban J connectivity index is 2.10. The fraction of sp³-hybridized carbons (Fsp3) is 0.167. The second-order valence-electron chi connectivity index (χ2n) is 5.73. The number of fused-ring (bicyclic) bond motifs is 1. The molecular formula is C18H16FN3O2. The molecule has 2 aromatic carbocycles. The maximum atomic E-state index is 13.9. The summed E-state index contributed by atoms with van der Waals surface area (Å²) in [4.78, 5) is 28.8. The number of hydrogen-bond acceptors (Lipinski definition) is 3. The van der Waals surface area contributed by atoms with Crippen molar-refractivity contribution >= 4 is 16.8 Å². The molecule has 0 spiro atoms. The first-order valence-electron chi connectivity index (χ1n) is 7.54. The molecule has 1 amide bonds. The Labute approximate surface area is 137 Å². The minimum atomic E-state index is -0.506. The van der Waals surface area contributed by atoms with Crippen LogP contribution in [0.5, 0.6) is 0 Å². The number of aromatic nitrogens is 2. The van der Waals surface area contributed by atoms with Crippen LogP contribution in [-0.4, -0.2) is 21.5 Å². The first kappa shape index (κ1) is 15.9. The Kier molecular flexibility index (Phi) is 4.12. The zero-order valence-corrected chi connectivity index (χ0v) is 13.3. The summed E-state index contributed by atoms with van der Waals surface area (Å²) < 4.78 is 15.1. The molecule has 122 valence electrons. The van der Waals surface area contributed by atoms with Crippen LogP contribution >= 0.6 is 0 Å². The molecule has 0 aliphatic heterocycles. The van der Waals surface area contributed by atoms with E-state index in [4.69, 9.17) is 0 Å². The van der Waals surface area contributed by atoms with Crippen molar-refractivity contribution in [1.82, 2.24) is 14.9 Å². The van der Waals surface area contributed by atoms with Gasteiger partial charge in [-0.1, -0.05) is 12.1 Å². The molecule has 6 heteroatoms. The summed E-state index contributed by atoms with van der Waals surface area (Å²) in [6.07, 6.45) is 1.27. The number of carbonyl (C=O) groups excluding carboxylic acids is 1. The third-order valence-electron chi connectivity index (χ3n) is 3.55. The van der Waals surface area contributed by atoms with E-state index in [0.717, 1.165) is 4.57 Å². The lowest BCUT2D eigenvalue weighted by Gasteiger charge is -2.10. The third kappa shape index (κ3) is 2.90. The van der Waals surface area contributed by atoms with Crippen LogP contribution in [0.2, 0.25) is 0 Å². The van der Waals surface area contributed by atoms with Gasteiger partial charge in [-0.3, -0.25) is 14.2 Å². The van der Waals surface area contributed by atoms with Gasteiger partial charge in [-0.2, -0.15) is 0 Å². The molecule has 0 aliphatic carbocycles. The minimum absolute atomic E-state index is 0.00946. The van der Waals surface area contributed by atoms with E-state index < -0.39 is 5.82 Å². The molecule has 0 saturated carbocycles. The first-order valence-corrected chi connectivity index (χ1v) is 7.54. The van der Waals surface area contributed by atoms with Gasteiger partial charge in [-0.05, 0) is 44.2 Å². The second-order valence-corrected chi connectivity index (χ2v) is 5.73. The summed E-state index contributed by atoms with van der Waals surface area (Å²) in [5.74, 6) is -0.735. The topological polar surface area (TPSA) is 64.0 Å². The molecule has 3 rings (SSSR count). The van der Waals surface area contributed by atoms with Crippen molar-refractivity contribution in [2.24, 2.45) is 0 Å². The standard InChI is InChI=1S/C18H16FN3O2/c1-11(2)21-17(23)12-7-8-13-15(9-12)20-10-22(18(13)24)16-6-4-3-5-14(16)19/h3-11H,1-2H3,(H,21,23). The number of hydrogen-bond donors (Lipinski definition) is 1. The van der Waals surface area contributed by atoms with Crippen molar-refractivity contribution in [2.45, 2.75) is 19.9 Å². The molecule has 0 unspecified atom stereocenters. The summed E-state index contributed by atoms with van der Waals surface area (Å²) in [7, 11) is 0. The van der Waals surface area contributed by atoms with Crippen molar-refractivity contribution < 1.29 is 9.18 Å². The van der Waals surface area contributed by atoms with Gasteiger partial charge in [0, 0.05) is 11.6 Å². The highest BCUT2D eigenvalue weighted by Crippen LogP contribution is 2.14. The van der Waals surface area contributed by atoms with Gasteiger partial charge in [-0.15, -0.1) is 0 Å². The number of nitrogens with one attached hydrogen (secondary N) is 1. The van der Waals surface area contributed by atoms with Crippen LogP contribution in [0, 0.1) is 5.82 Å². The number of carbonyl (C=O) groups is 1. The Morgan fingerprint density at radius 1 is 1.21 bits per heavy atom. The highest BCUT2D eigenvalue weighted by atomic mass is 19.1. The smallest absolute Gasteiger partial charge is 0.265 e. The SMILES string of the molecule is CC(C)NC(=O)c1ccc2c(=O)n(-c3ccccc3F)cnc2c1. The molecule has 3 aromatic rings. The average Bonchev–Trinajstić information content (AvgIpc) is 2.55. The summed E-state index contributed by atoms with van der Waals surface area (Å²) >= 11 is 0. The van der Waals surface area contributed by atoms with Gasteiger partial charge in [0.25, 0.3) is 11.5 Å². The normalized spacial score (nSPS) is 11.0. The lowest BCUT2D eigenvalue weighted by molar-refractivity contribution is 0.0943. The zero-order chi connectivity index (χ0) is 17.3. The minimum Gasteiger partial charge on any atom is -0.350 e. The van der Waals surface area contributed by atoms with E-state index in [1.165, 1.54) is 24.5 Å². The lowest BCUT2D eigenvalue weighted by Crippen LogP contribution is -2.30. The molecule has 0 radical (unpaired) electrons. The molecule has 1 N–H and O–H groups in total. The maximum Gasteiger partial charge on any atom is 0.265 e. The number of rotatable bonds is 3. The molecule has 0 saturated heterocycles. The summed E-state index contributed by atoms with van der Waals surface area (Å²) in [6.45, 7) is 3.73. The lowest BCUT2D eigenvalue weighted by atomic mass is 10.1. The molecule has 24 heavy (non-hydrogen) atoms. The van der Waals surface area contributed by atoms with Crippen molar-refractivity contribution in [2.75, 3.05) is 0 Å². The highest BCUT2D eigenvalue weighted by molar-refractivity contribution is 5.97. The predicted molar refractivity (Wildman–Crippen MR) is 89.9 cm³/mol. The van der Waals surface area contributed by atoms with Crippen molar-refractivity contribution in [3.05, 3.63) is 70.5 Å². The van der Waals surface area contributed by atoms with Crippen LogP contribution in [0.3, 0.4) is 0 Å². The number of nitrogens with zero attached hydrogens (tertiary/aromatic N) is 2. The predicted octanol–water partition coefficient (Wildman–Crippen LogP) is 2.66. The average molecular weight is 325 g/mol. The van der Waals surface area contributed by atoms with E-state index in [0.29, 0.717) is 16.5 Å². The molecule has 0 aliphatic rings. The van der Waals surface area contributed by atoms with Gasteiger partial charge >= 0.3 is 0 Å². The number of amides is 1. The Morgan fingerprint density at radius 3 is 2.67 bits per heavy atom. The molecule has 1 aromatic heterocycles. The molecular weight excluding hydrogens is 309 g/mol. The fourth-order valence-corrected chi connectivity index (χ4v) is 2.43. The molecule has 1 heterocycles. The number of halogens is 1. The Bertz CT molecular complexity index is 979. The zero-order valence-electron chi connectivity index (χ0n) is 13.3. The van der Waals surface area contributed by atoms with Crippen molar-refractivity contribution in [3.63, 3.8) is 0 Å². The monoisotopic (exact) mass is 325 g/mol. The van der Waals surface area contributed by atoms with Crippen LogP contribution < -0.4 is 10.9 Å². The summed E-state index contributed by atoms with van der Waals surface area (Å²) in [5, 5.41) is 3.10. The molecule has 5 nitrogen and oxygen atoms in total. The highest BCUT2D eigenvalue weighted by Gasteiger charge is 2.12. The molecule has 0 atom stereocenters. The summed E-state index contributed by atoms with van der Waals surface area (Å²) in [5.41, 5.74) is 0.565. The van der Waals surface area contributed by atoms with Crippen molar-refractivity contribution in [3.8, 4) is 5.69 Å². The molecule has 0 bridgehead atoms. The van der Waals surface area contributed by atoms with Gasteiger partial charge in [0.05, 0.1) is 16.6 Å².